The van der Waals surface area contributed by atoms with Crippen LogP contribution in [0.5, 0.6) is 11.5 Å². The summed E-state index contributed by atoms with van der Waals surface area (Å²) in [5.41, 5.74) is 1.42. The van der Waals surface area contributed by atoms with Crippen molar-refractivity contribution in [2.24, 2.45) is 0 Å². The Morgan fingerprint density at radius 1 is 1.08 bits per heavy atom. The van der Waals surface area contributed by atoms with E-state index in [-0.39, 0.29) is 23.3 Å². The molecule has 0 aliphatic heterocycles. The summed E-state index contributed by atoms with van der Waals surface area (Å²) in [5, 5.41) is 15.2. The van der Waals surface area contributed by atoms with Gasteiger partial charge in [0.25, 0.3) is 11.8 Å². The Kier molecular flexibility index (Phi) is 5.21. The zero-order valence-corrected chi connectivity index (χ0v) is 13.4. The van der Waals surface area contributed by atoms with Crippen molar-refractivity contribution in [2.45, 2.75) is 6.92 Å². The smallest absolute Gasteiger partial charge is 0.255 e. The second-order valence-corrected chi connectivity index (χ2v) is 5.15. The van der Waals surface area contributed by atoms with Crippen molar-refractivity contribution in [1.29, 1.82) is 0 Å². The van der Waals surface area contributed by atoms with Gasteiger partial charge in [0.05, 0.1) is 12.8 Å². The molecule has 0 saturated heterocycles. The fourth-order valence-corrected chi connectivity index (χ4v) is 1.89. The quantitative estimate of drug-likeness (QED) is 0.582. The summed E-state index contributed by atoms with van der Waals surface area (Å²) in [4.78, 5) is 23.7. The van der Waals surface area contributed by atoms with E-state index in [0.29, 0.717) is 22.6 Å². The highest BCUT2D eigenvalue weighted by atomic mass is 16.5. The predicted molar refractivity (Wildman–Crippen MR) is 92.5 cm³/mol. The molecule has 2 aromatic rings. The number of nitrogens with one attached hydrogen (secondary N) is 2. The van der Waals surface area contributed by atoms with Crippen LogP contribution in [0.25, 0.3) is 0 Å². The third-order valence-electron chi connectivity index (χ3n) is 3.24. The molecule has 0 spiro atoms. The van der Waals surface area contributed by atoms with Gasteiger partial charge in [0.2, 0.25) is 0 Å². The Bertz CT molecular complexity index is 782. The van der Waals surface area contributed by atoms with E-state index in [9.17, 15) is 14.7 Å². The zero-order valence-electron chi connectivity index (χ0n) is 13.4. The van der Waals surface area contributed by atoms with Crippen LogP contribution in [0, 0.1) is 0 Å². The molecule has 6 heteroatoms. The van der Waals surface area contributed by atoms with Crippen molar-refractivity contribution in [3.8, 4) is 11.5 Å². The number of phenolic OH excluding ortho intramolecular Hbond substituents is 1. The lowest BCUT2D eigenvalue weighted by molar-refractivity contribution is -0.112. The van der Waals surface area contributed by atoms with Crippen LogP contribution in [0.1, 0.15) is 17.3 Å². The van der Waals surface area contributed by atoms with Crippen molar-refractivity contribution in [3.63, 3.8) is 0 Å². The third kappa shape index (κ3) is 4.13. The number of anilines is 2. The minimum atomic E-state index is -0.369. The van der Waals surface area contributed by atoms with E-state index in [4.69, 9.17) is 4.74 Å². The van der Waals surface area contributed by atoms with Crippen LogP contribution >= 0.6 is 0 Å². The molecule has 2 aromatic carbocycles. The molecule has 0 heterocycles. The van der Waals surface area contributed by atoms with Gasteiger partial charge >= 0.3 is 0 Å². The van der Waals surface area contributed by atoms with Crippen LogP contribution in [-0.4, -0.2) is 24.0 Å². The molecule has 0 aromatic heterocycles. The van der Waals surface area contributed by atoms with E-state index in [1.165, 1.54) is 12.1 Å². The van der Waals surface area contributed by atoms with Crippen molar-refractivity contribution < 1.29 is 19.4 Å². The fourth-order valence-electron chi connectivity index (χ4n) is 1.89. The number of ether oxygens (including phenoxy) is 1. The van der Waals surface area contributed by atoms with Crippen LogP contribution in [0.4, 0.5) is 11.4 Å². The van der Waals surface area contributed by atoms with Gasteiger partial charge in [-0.05, 0) is 43.3 Å². The first-order valence-corrected chi connectivity index (χ1v) is 7.16. The van der Waals surface area contributed by atoms with Crippen LogP contribution in [0.2, 0.25) is 0 Å². The molecule has 3 N–H and O–H groups in total. The van der Waals surface area contributed by atoms with Gasteiger partial charge < -0.3 is 20.5 Å². The molecule has 0 radical (unpaired) electrons. The van der Waals surface area contributed by atoms with Gasteiger partial charge in [0.15, 0.2) is 0 Å². The third-order valence-corrected chi connectivity index (χ3v) is 3.24. The zero-order chi connectivity index (χ0) is 17.7. The molecule has 0 saturated carbocycles. The molecule has 0 aliphatic carbocycles. The highest BCUT2D eigenvalue weighted by molar-refractivity contribution is 6.06. The van der Waals surface area contributed by atoms with E-state index in [1.807, 2.05) is 0 Å². The van der Waals surface area contributed by atoms with Gasteiger partial charge in [-0.15, -0.1) is 0 Å². The minimum Gasteiger partial charge on any atom is -0.506 e. The van der Waals surface area contributed by atoms with Gasteiger partial charge in [0.1, 0.15) is 11.5 Å². The fraction of sp³-hybridized carbons (Fsp3) is 0.111. The molecule has 24 heavy (non-hydrogen) atoms. The number of benzene rings is 2. The van der Waals surface area contributed by atoms with Crippen LogP contribution < -0.4 is 15.4 Å². The Balaban J connectivity index is 2.10. The molecule has 6 nitrogen and oxygen atoms in total. The first-order valence-electron chi connectivity index (χ1n) is 7.16. The molecule has 0 fully saturated rings. The summed E-state index contributed by atoms with van der Waals surface area (Å²) in [6, 6.07) is 11.0. The van der Waals surface area contributed by atoms with Crippen molar-refractivity contribution in [2.75, 3.05) is 17.7 Å². The average Bonchev–Trinajstić information content (AvgIpc) is 2.57. The van der Waals surface area contributed by atoms with E-state index in [1.54, 1.807) is 44.4 Å². The molecular formula is C18H18N2O4. The van der Waals surface area contributed by atoms with E-state index in [0.717, 1.165) is 0 Å². The van der Waals surface area contributed by atoms with Crippen LogP contribution in [0.3, 0.4) is 0 Å². The Labute approximate surface area is 139 Å². The van der Waals surface area contributed by atoms with Gasteiger partial charge in [-0.2, -0.15) is 0 Å². The summed E-state index contributed by atoms with van der Waals surface area (Å²) in [6.45, 7) is 5.12. The number of hydrogen-bond acceptors (Lipinski definition) is 4. The van der Waals surface area contributed by atoms with Gasteiger partial charge in [-0.25, -0.2) is 0 Å². The molecule has 0 unspecified atom stereocenters. The maximum Gasteiger partial charge on any atom is 0.255 e. The summed E-state index contributed by atoms with van der Waals surface area (Å²) in [5.74, 6) is -0.223. The lowest BCUT2D eigenvalue weighted by Crippen LogP contribution is -2.13. The lowest BCUT2D eigenvalue weighted by atomic mass is 10.2. The summed E-state index contributed by atoms with van der Waals surface area (Å²) < 4.78 is 5.04. The second kappa shape index (κ2) is 7.32. The van der Waals surface area contributed by atoms with Crippen LogP contribution in [-0.2, 0) is 4.79 Å². The molecule has 2 rings (SSSR count). The van der Waals surface area contributed by atoms with E-state index in [2.05, 4.69) is 17.2 Å². The van der Waals surface area contributed by atoms with Crippen LogP contribution in [0.15, 0.2) is 54.6 Å². The van der Waals surface area contributed by atoms with E-state index >= 15 is 0 Å². The Morgan fingerprint density at radius 2 is 1.75 bits per heavy atom. The number of carbonyl (C=O) groups is 2. The topological polar surface area (TPSA) is 87.7 Å². The number of rotatable bonds is 5. The summed E-state index contributed by atoms with van der Waals surface area (Å²) >= 11 is 0. The number of carbonyl (C=O) groups excluding carboxylic acids is 2. The first kappa shape index (κ1) is 17.1. The lowest BCUT2D eigenvalue weighted by Gasteiger charge is -2.10. The van der Waals surface area contributed by atoms with Crippen molar-refractivity contribution >= 4 is 23.2 Å². The van der Waals surface area contributed by atoms with Crippen molar-refractivity contribution in [3.05, 3.63) is 60.2 Å². The highest BCUT2D eigenvalue weighted by Gasteiger charge is 2.11. The number of methoxy groups -OCH3 is 1. The maximum absolute atomic E-state index is 12.2. The van der Waals surface area contributed by atoms with Gasteiger partial charge in [-0.3, -0.25) is 9.59 Å². The monoisotopic (exact) mass is 326 g/mol. The second-order valence-electron chi connectivity index (χ2n) is 5.15. The Hall–Kier alpha value is -3.28. The molecule has 124 valence electrons. The van der Waals surface area contributed by atoms with E-state index < -0.39 is 0 Å². The largest absolute Gasteiger partial charge is 0.506 e. The number of phenols is 1. The Morgan fingerprint density at radius 3 is 2.29 bits per heavy atom. The average molecular weight is 326 g/mol. The van der Waals surface area contributed by atoms with Gasteiger partial charge in [-0.1, -0.05) is 6.58 Å². The SMILES string of the molecule is C=C(C)C(=O)Nc1ccc(NC(=O)c2ccc(OC)cc2)c(O)c1. The number of aromatic hydroxyl groups is 1. The van der Waals surface area contributed by atoms with Crippen molar-refractivity contribution in [1.82, 2.24) is 0 Å². The molecule has 0 bridgehead atoms. The number of amides is 2. The predicted octanol–water partition coefficient (Wildman–Crippen LogP) is 3.17. The standard InChI is InChI=1S/C18H18N2O4/c1-11(2)17(22)19-13-6-9-15(16(21)10-13)20-18(23)12-4-7-14(24-3)8-5-12/h4-10,21H,1H2,2-3H3,(H,19,22)(H,20,23). The first-order chi connectivity index (χ1) is 11.4. The molecule has 2 amide bonds. The molecule has 0 atom stereocenters. The van der Waals surface area contributed by atoms with Gasteiger partial charge in [0, 0.05) is 22.9 Å². The minimum absolute atomic E-state index is 0.156. The maximum atomic E-state index is 12.2. The normalized spacial score (nSPS) is 9.92. The summed E-state index contributed by atoms with van der Waals surface area (Å²) in [7, 11) is 1.54. The molecular weight excluding hydrogens is 308 g/mol. The summed E-state index contributed by atoms with van der Waals surface area (Å²) in [6.07, 6.45) is 0. The number of hydrogen-bond donors (Lipinski definition) is 3. The molecule has 0 aliphatic rings. The highest BCUT2D eigenvalue weighted by Crippen LogP contribution is 2.27.